The molecule has 0 radical (unpaired) electrons. The van der Waals surface area contributed by atoms with Gasteiger partial charge in [-0.1, -0.05) is 25.5 Å². The van der Waals surface area contributed by atoms with Gasteiger partial charge >= 0.3 is 0 Å². The van der Waals surface area contributed by atoms with E-state index in [1.54, 1.807) is 18.0 Å². The maximum absolute atomic E-state index is 4.85. The summed E-state index contributed by atoms with van der Waals surface area (Å²) in [4.78, 5) is 13.7. The summed E-state index contributed by atoms with van der Waals surface area (Å²) in [6.45, 7) is 7.47. The average Bonchev–Trinajstić information content (AvgIpc) is 3.17. The summed E-state index contributed by atoms with van der Waals surface area (Å²) >= 11 is 0. The Bertz CT molecular complexity index is 887. The lowest BCUT2D eigenvalue weighted by molar-refractivity contribution is -0.00789. The molecule has 2 aromatic heterocycles. The summed E-state index contributed by atoms with van der Waals surface area (Å²) in [5, 5.41) is 7.02. The number of fused-ring (bicyclic) bond motifs is 2. The minimum atomic E-state index is 0.499. The molecule has 0 spiro atoms. The zero-order valence-electron chi connectivity index (χ0n) is 16.1. The number of nitrogens with one attached hydrogen (secondary N) is 2. The van der Waals surface area contributed by atoms with Gasteiger partial charge in [0.25, 0.3) is 0 Å². The molecular formula is C22H27N5. The van der Waals surface area contributed by atoms with Crippen molar-refractivity contribution < 1.29 is 0 Å². The third kappa shape index (κ3) is 2.85. The zero-order chi connectivity index (χ0) is 18.4. The van der Waals surface area contributed by atoms with E-state index < -0.39 is 0 Å². The van der Waals surface area contributed by atoms with E-state index in [0.29, 0.717) is 5.41 Å². The highest BCUT2D eigenvalue weighted by atomic mass is 15.1. The van der Waals surface area contributed by atoms with Crippen molar-refractivity contribution in [3.63, 3.8) is 0 Å². The molecule has 4 aliphatic rings. The monoisotopic (exact) mass is 361 g/mol. The van der Waals surface area contributed by atoms with Crippen LogP contribution in [0.5, 0.6) is 0 Å². The first-order chi connectivity index (χ1) is 13.1. The molecule has 5 nitrogen and oxygen atoms in total. The van der Waals surface area contributed by atoms with E-state index >= 15 is 0 Å². The third-order valence-electron chi connectivity index (χ3n) is 6.91. The quantitative estimate of drug-likeness (QED) is 0.790. The first-order valence-corrected chi connectivity index (χ1v) is 10.1. The fourth-order valence-electron chi connectivity index (χ4n) is 5.03. The maximum atomic E-state index is 4.85. The van der Waals surface area contributed by atoms with Crippen LogP contribution in [0.4, 0.5) is 5.82 Å². The van der Waals surface area contributed by atoms with Crippen LogP contribution in [0, 0.1) is 17.3 Å². The van der Waals surface area contributed by atoms with E-state index in [2.05, 4.69) is 35.5 Å². The van der Waals surface area contributed by atoms with Crippen molar-refractivity contribution in [2.24, 2.45) is 17.3 Å². The number of anilines is 1. The Morgan fingerprint density at radius 1 is 1.19 bits per heavy atom. The first-order valence-electron chi connectivity index (χ1n) is 10.1. The van der Waals surface area contributed by atoms with Crippen molar-refractivity contribution in [3.8, 4) is 11.4 Å². The lowest BCUT2D eigenvalue weighted by Crippen LogP contribution is -2.48. The molecule has 1 aliphatic heterocycles. The van der Waals surface area contributed by atoms with Gasteiger partial charge in [0.2, 0.25) is 0 Å². The van der Waals surface area contributed by atoms with Gasteiger partial charge < -0.3 is 10.6 Å². The normalized spacial score (nSPS) is 24.7. The topological polar surface area (TPSA) is 62.7 Å². The Morgan fingerprint density at radius 2 is 2.04 bits per heavy atom. The van der Waals surface area contributed by atoms with Gasteiger partial charge in [-0.15, -0.1) is 0 Å². The Morgan fingerprint density at radius 3 is 2.81 bits per heavy atom. The molecule has 6 rings (SSSR count). The molecule has 3 aliphatic carbocycles. The number of hydrogen-bond acceptors (Lipinski definition) is 5. The molecule has 1 fully saturated rings. The van der Waals surface area contributed by atoms with Gasteiger partial charge in [-0.3, -0.25) is 4.98 Å². The highest BCUT2D eigenvalue weighted by Gasteiger charge is 2.50. The summed E-state index contributed by atoms with van der Waals surface area (Å²) in [5.74, 6) is 3.45. The zero-order valence-corrected chi connectivity index (χ0v) is 16.1. The number of aromatic nitrogens is 3. The highest BCUT2D eigenvalue weighted by molar-refractivity contribution is 5.60. The molecule has 140 valence electrons. The van der Waals surface area contributed by atoms with Gasteiger partial charge in [-0.2, -0.15) is 0 Å². The molecule has 2 aromatic rings. The molecule has 0 amide bonds. The summed E-state index contributed by atoms with van der Waals surface area (Å²) in [6, 6.07) is 3.94. The molecule has 1 saturated carbocycles. The van der Waals surface area contributed by atoms with Crippen LogP contribution in [-0.2, 0) is 13.1 Å². The minimum Gasteiger partial charge on any atom is -0.369 e. The smallest absolute Gasteiger partial charge is 0.161 e. The van der Waals surface area contributed by atoms with E-state index in [1.807, 2.05) is 12.1 Å². The van der Waals surface area contributed by atoms with Gasteiger partial charge in [0.05, 0.1) is 5.69 Å². The van der Waals surface area contributed by atoms with Crippen LogP contribution in [0.1, 0.15) is 44.4 Å². The molecule has 0 saturated heterocycles. The van der Waals surface area contributed by atoms with E-state index in [0.717, 1.165) is 60.8 Å². The van der Waals surface area contributed by atoms with Crippen LogP contribution >= 0.6 is 0 Å². The SMILES string of the molecule is CC1(C)[C@H]2CC=C(CCNc3nc(-c4ccncc4)nc4c3CNC4)[C@@H]1C2. The molecule has 2 atom stereocenters. The molecule has 0 unspecified atom stereocenters. The lowest BCUT2D eigenvalue weighted by Gasteiger charge is -2.56. The van der Waals surface area contributed by atoms with Gasteiger partial charge in [0, 0.05) is 43.2 Å². The second kappa shape index (κ2) is 6.41. The Kier molecular flexibility index (Phi) is 4.01. The Hall–Kier alpha value is -2.27. The van der Waals surface area contributed by atoms with Crippen molar-refractivity contribution in [2.45, 2.75) is 46.2 Å². The third-order valence-corrected chi connectivity index (χ3v) is 6.91. The van der Waals surface area contributed by atoms with Gasteiger partial charge in [0.15, 0.2) is 5.82 Å². The molecular weight excluding hydrogens is 334 g/mol. The minimum absolute atomic E-state index is 0.499. The van der Waals surface area contributed by atoms with E-state index in [-0.39, 0.29) is 0 Å². The van der Waals surface area contributed by atoms with Crippen LogP contribution in [0.3, 0.4) is 0 Å². The number of hydrogen-bond donors (Lipinski definition) is 2. The average molecular weight is 361 g/mol. The summed E-state index contributed by atoms with van der Waals surface area (Å²) in [7, 11) is 0. The molecule has 2 bridgehead atoms. The Labute approximate surface area is 160 Å². The van der Waals surface area contributed by atoms with Crippen LogP contribution < -0.4 is 10.6 Å². The molecule has 5 heteroatoms. The largest absolute Gasteiger partial charge is 0.369 e. The molecule has 3 heterocycles. The fourth-order valence-corrected chi connectivity index (χ4v) is 5.03. The fraction of sp³-hybridized carbons (Fsp3) is 0.500. The van der Waals surface area contributed by atoms with E-state index in [1.165, 1.54) is 18.4 Å². The summed E-state index contributed by atoms with van der Waals surface area (Å²) < 4.78 is 0. The van der Waals surface area contributed by atoms with Crippen LogP contribution in [0.2, 0.25) is 0 Å². The number of allylic oxidation sites excluding steroid dienone is 1. The lowest BCUT2D eigenvalue weighted by atomic mass is 9.48. The standard InChI is InChI=1S/C22H27N5/c1-22(2)16-4-3-14(18(22)11-16)7-10-25-21-17-12-24-13-19(17)26-20(27-21)15-5-8-23-9-6-15/h3,5-6,8-9,16,18,24H,4,7,10-13H2,1-2H3,(H,25,26,27)/t16-,18-/m0/s1. The van der Waals surface area contributed by atoms with Crippen LogP contribution in [0.25, 0.3) is 11.4 Å². The summed E-state index contributed by atoms with van der Waals surface area (Å²) in [5.41, 5.74) is 5.49. The second-order valence-electron chi connectivity index (χ2n) is 8.66. The van der Waals surface area contributed by atoms with Crippen molar-refractivity contribution in [1.82, 2.24) is 20.3 Å². The van der Waals surface area contributed by atoms with Gasteiger partial charge in [-0.05, 0) is 48.6 Å². The highest BCUT2D eigenvalue weighted by Crippen LogP contribution is 2.59. The van der Waals surface area contributed by atoms with Crippen molar-refractivity contribution in [2.75, 3.05) is 11.9 Å². The number of pyridine rings is 1. The van der Waals surface area contributed by atoms with Crippen molar-refractivity contribution in [3.05, 3.63) is 47.4 Å². The predicted molar refractivity (Wildman–Crippen MR) is 107 cm³/mol. The molecule has 0 aromatic carbocycles. The van der Waals surface area contributed by atoms with Crippen LogP contribution in [0.15, 0.2) is 36.2 Å². The molecule has 27 heavy (non-hydrogen) atoms. The first kappa shape index (κ1) is 16.9. The van der Waals surface area contributed by atoms with Crippen molar-refractivity contribution in [1.29, 1.82) is 0 Å². The van der Waals surface area contributed by atoms with E-state index in [4.69, 9.17) is 9.97 Å². The predicted octanol–water partition coefficient (Wildman–Crippen LogP) is 3.94. The van der Waals surface area contributed by atoms with Crippen LogP contribution in [-0.4, -0.2) is 21.5 Å². The summed E-state index contributed by atoms with van der Waals surface area (Å²) in [6.07, 6.45) is 9.84. The van der Waals surface area contributed by atoms with Gasteiger partial charge in [0.1, 0.15) is 5.82 Å². The van der Waals surface area contributed by atoms with Crippen molar-refractivity contribution >= 4 is 5.82 Å². The number of nitrogens with zero attached hydrogens (tertiary/aromatic N) is 3. The second-order valence-corrected chi connectivity index (χ2v) is 8.66. The van der Waals surface area contributed by atoms with Gasteiger partial charge in [-0.25, -0.2) is 9.97 Å². The molecule has 2 N–H and O–H groups in total. The number of rotatable bonds is 5. The van der Waals surface area contributed by atoms with E-state index in [9.17, 15) is 0 Å². The maximum Gasteiger partial charge on any atom is 0.161 e. The Balaban J connectivity index is 1.33.